The zero-order valence-corrected chi connectivity index (χ0v) is 12.4. The van der Waals surface area contributed by atoms with E-state index in [1.807, 2.05) is 26.0 Å². The van der Waals surface area contributed by atoms with Crippen LogP contribution in [0.4, 0.5) is 5.69 Å². The number of anilines is 1. The van der Waals surface area contributed by atoms with Crippen LogP contribution in [0.3, 0.4) is 0 Å². The number of halogens is 1. The Hall–Kier alpha value is -1.48. The zero-order chi connectivity index (χ0) is 14.3. The van der Waals surface area contributed by atoms with Gasteiger partial charge in [-0.25, -0.2) is 4.79 Å². The summed E-state index contributed by atoms with van der Waals surface area (Å²) in [5.74, 6) is 0.227. The normalized spacial score (nSPS) is 26.6. The molecule has 1 aliphatic carbocycles. The summed E-state index contributed by atoms with van der Waals surface area (Å²) in [6.07, 6.45) is 5.18. The van der Waals surface area contributed by atoms with Gasteiger partial charge in [-0.15, -0.1) is 0 Å². The Morgan fingerprint density at radius 3 is 3.05 bits per heavy atom. The van der Waals surface area contributed by atoms with Gasteiger partial charge in [0.05, 0.1) is 6.61 Å². The third-order valence-corrected chi connectivity index (χ3v) is 4.55. The van der Waals surface area contributed by atoms with E-state index in [0.717, 1.165) is 28.3 Å². The summed E-state index contributed by atoms with van der Waals surface area (Å²) in [4.78, 5) is 12.2. The van der Waals surface area contributed by atoms with E-state index >= 15 is 0 Å². The Balaban J connectivity index is 2.05. The third-order valence-electron chi connectivity index (χ3n) is 4.22. The van der Waals surface area contributed by atoms with Crippen LogP contribution in [0.2, 0.25) is 5.02 Å². The van der Waals surface area contributed by atoms with E-state index in [1.54, 1.807) is 0 Å². The molecule has 0 aromatic heterocycles. The number of esters is 1. The van der Waals surface area contributed by atoms with Crippen molar-refractivity contribution in [3.05, 3.63) is 40.4 Å². The Morgan fingerprint density at radius 1 is 1.50 bits per heavy atom. The summed E-state index contributed by atoms with van der Waals surface area (Å²) in [6, 6.07) is 3.63. The average Bonchev–Trinajstić information content (AvgIpc) is 2.91. The maximum absolute atomic E-state index is 12.2. The van der Waals surface area contributed by atoms with Crippen LogP contribution < -0.4 is 5.32 Å². The van der Waals surface area contributed by atoms with Crippen LogP contribution in [-0.2, 0) is 9.53 Å². The van der Waals surface area contributed by atoms with E-state index in [9.17, 15) is 4.79 Å². The van der Waals surface area contributed by atoms with Crippen LogP contribution in [-0.4, -0.2) is 18.6 Å². The van der Waals surface area contributed by atoms with Crippen molar-refractivity contribution in [2.75, 3.05) is 11.9 Å². The van der Waals surface area contributed by atoms with Gasteiger partial charge in [0.25, 0.3) is 0 Å². The number of rotatable bonds is 2. The van der Waals surface area contributed by atoms with Crippen LogP contribution in [0.1, 0.15) is 30.4 Å². The highest BCUT2D eigenvalue weighted by Crippen LogP contribution is 2.48. The minimum absolute atomic E-state index is 0.170. The van der Waals surface area contributed by atoms with E-state index in [-0.39, 0.29) is 23.8 Å². The lowest BCUT2D eigenvalue weighted by molar-refractivity contribution is -0.145. The first-order chi connectivity index (χ1) is 9.63. The van der Waals surface area contributed by atoms with Gasteiger partial charge in [-0.3, -0.25) is 0 Å². The predicted octanol–water partition coefficient (Wildman–Crippen LogP) is 3.67. The molecular weight excluding hydrogens is 274 g/mol. The van der Waals surface area contributed by atoms with Gasteiger partial charge >= 0.3 is 5.97 Å². The van der Waals surface area contributed by atoms with Crippen molar-refractivity contribution in [2.24, 2.45) is 5.92 Å². The molecule has 106 valence electrons. The first kappa shape index (κ1) is 13.5. The summed E-state index contributed by atoms with van der Waals surface area (Å²) in [6.45, 7) is 4.27. The number of ether oxygens (including phenoxy) is 1. The zero-order valence-electron chi connectivity index (χ0n) is 11.7. The maximum atomic E-state index is 12.2. The second-order valence-corrected chi connectivity index (χ2v) is 5.79. The molecule has 2 aliphatic rings. The van der Waals surface area contributed by atoms with Gasteiger partial charge in [-0.05, 0) is 31.9 Å². The molecule has 1 aliphatic heterocycles. The van der Waals surface area contributed by atoms with Crippen molar-refractivity contribution in [3.8, 4) is 0 Å². The highest BCUT2D eigenvalue weighted by Gasteiger charge is 2.42. The first-order valence-corrected chi connectivity index (χ1v) is 7.40. The number of carbonyl (C=O) groups is 1. The van der Waals surface area contributed by atoms with Gasteiger partial charge in [0, 0.05) is 28.1 Å². The van der Waals surface area contributed by atoms with E-state index in [2.05, 4.69) is 17.5 Å². The van der Waals surface area contributed by atoms with Gasteiger partial charge in [0.15, 0.2) is 0 Å². The smallest absolute Gasteiger partial charge is 0.328 e. The van der Waals surface area contributed by atoms with Crippen molar-refractivity contribution < 1.29 is 9.53 Å². The van der Waals surface area contributed by atoms with E-state index in [0.29, 0.717) is 6.61 Å². The number of fused-ring (bicyclic) bond motifs is 3. The van der Waals surface area contributed by atoms with Crippen molar-refractivity contribution >= 4 is 23.3 Å². The Labute approximate surface area is 124 Å². The molecule has 1 N–H and O–H groups in total. The third kappa shape index (κ3) is 2.01. The highest BCUT2D eigenvalue weighted by atomic mass is 35.5. The molecule has 0 bridgehead atoms. The fourth-order valence-electron chi connectivity index (χ4n) is 3.27. The molecule has 0 spiro atoms. The Kier molecular flexibility index (Phi) is 3.47. The summed E-state index contributed by atoms with van der Waals surface area (Å²) < 4.78 is 5.21. The predicted molar refractivity (Wildman–Crippen MR) is 80.2 cm³/mol. The molecule has 0 fully saturated rings. The summed E-state index contributed by atoms with van der Waals surface area (Å²) in [7, 11) is 0. The first-order valence-electron chi connectivity index (χ1n) is 7.02. The van der Waals surface area contributed by atoms with Gasteiger partial charge in [0.1, 0.15) is 6.04 Å². The van der Waals surface area contributed by atoms with Crippen LogP contribution >= 0.6 is 11.6 Å². The van der Waals surface area contributed by atoms with Gasteiger partial charge in [0.2, 0.25) is 0 Å². The second-order valence-electron chi connectivity index (χ2n) is 5.38. The molecule has 0 unspecified atom stereocenters. The standard InChI is InChI=1S/C16H18ClNO2/c1-3-20-16(19)15-11-6-4-5-10(11)13-12(17)8-7-9(2)14(13)18-15/h4-5,7-8,10-11,15,18H,3,6H2,1-2H3/t10-,11+,15-/m1/s1. The maximum Gasteiger partial charge on any atom is 0.328 e. The number of aryl methyl sites for hydroxylation is 1. The number of carbonyl (C=O) groups excluding carboxylic acids is 1. The summed E-state index contributed by atoms with van der Waals surface area (Å²) in [5.41, 5.74) is 3.21. The molecule has 3 rings (SSSR count). The molecule has 0 saturated heterocycles. The molecule has 0 saturated carbocycles. The topological polar surface area (TPSA) is 38.3 Å². The molecular formula is C16H18ClNO2. The highest BCUT2D eigenvalue weighted by molar-refractivity contribution is 6.32. The largest absolute Gasteiger partial charge is 0.464 e. The molecule has 3 atom stereocenters. The van der Waals surface area contributed by atoms with Gasteiger partial charge < -0.3 is 10.1 Å². The number of hydrogen-bond donors (Lipinski definition) is 1. The molecule has 0 radical (unpaired) electrons. The average molecular weight is 292 g/mol. The second kappa shape index (κ2) is 5.13. The van der Waals surface area contributed by atoms with E-state index < -0.39 is 0 Å². The molecule has 0 amide bonds. The van der Waals surface area contributed by atoms with Crippen molar-refractivity contribution in [1.82, 2.24) is 0 Å². The lowest BCUT2D eigenvalue weighted by Gasteiger charge is -2.36. The molecule has 1 heterocycles. The van der Waals surface area contributed by atoms with E-state index in [4.69, 9.17) is 16.3 Å². The minimum Gasteiger partial charge on any atom is -0.464 e. The van der Waals surface area contributed by atoms with Gasteiger partial charge in [-0.2, -0.15) is 0 Å². The molecule has 1 aromatic rings. The van der Waals surface area contributed by atoms with E-state index in [1.165, 1.54) is 0 Å². The number of benzene rings is 1. The van der Waals surface area contributed by atoms with Crippen LogP contribution in [0.5, 0.6) is 0 Å². The SMILES string of the molecule is CCOC(=O)[C@@H]1Nc2c(C)ccc(Cl)c2[C@@H]2C=CC[C@H]12. The van der Waals surface area contributed by atoms with Gasteiger partial charge in [-0.1, -0.05) is 29.8 Å². The lowest BCUT2D eigenvalue weighted by atomic mass is 9.78. The molecule has 20 heavy (non-hydrogen) atoms. The monoisotopic (exact) mass is 291 g/mol. The minimum atomic E-state index is -0.292. The van der Waals surface area contributed by atoms with Crippen molar-refractivity contribution in [2.45, 2.75) is 32.2 Å². The Morgan fingerprint density at radius 2 is 2.30 bits per heavy atom. The quantitative estimate of drug-likeness (QED) is 0.667. The fourth-order valence-corrected chi connectivity index (χ4v) is 3.56. The molecule has 1 aromatic carbocycles. The molecule has 3 nitrogen and oxygen atoms in total. The van der Waals surface area contributed by atoms with Crippen molar-refractivity contribution in [1.29, 1.82) is 0 Å². The van der Waals surface area contributed by atoms with Crippen LogP contribution in [0.15, 0.2) is 24.3 Å². The summed E-state index contributed by atoms with van der Waals surface area (Å²) >= 11 is 6.38. The van der Waals surface area contributed by atoms with Crippen LogP contribution in [0.25, 0.3) is 0 Å². The number of nitrogens with one attached hydrogen (secondary N) is 1. The van der Waals surface area contributed by atoms with Crippen molar-refractivity contribution in [3.63, 3.8) is 0 Å². The lowest BCUT2D eigenvalue weighted by Crippen LogP contribution is -2.43. The Bertz CT molecular complexity index is 582. The summed E-state index contributed by atoms with van der Waals surface area (Å²) in [5, 5.41) is 4.13. The fraction of sp³-hybridized carbons (Fsp3) is 0.438. The molecule has 4 heteroatoms. The number of hydrogen-bond acceptors (Lipinski definition) is 3. The number of allylic oxidation sites excluding steroid dienone is 2. The van der Waals surface area contributed by atoms with Crippen LogP contribution in [0, 0.1) is 12.8 Å².